The molecule has 3 rings (SSSR count). The van der Waals surface area contributed by atoms with E-state index in [1.165, 1.54) is 4.90 Å². The SMILES string of the molecule is C[C@@H]1C(=O)N(CCN(C)C)C2=Nc3ccccc3S[C@@H]21. The molecular weight excluding hydrogens is 270 g/mol. The summed E-state index contributed by atoms with van der Waals surface area (Å²) in [5.41, 5.74) is 0.987. The molecule has 0 saturated carbocycles. The lowest BCUT2D eigenvalue weighted by Crippen LogP contribution is -2.37. The van der Waals surface area contributed by atoms with E-state index in [-0.39, 0.29) is 17.1 Å². The highest BCUT2D eigenvalue weighted by atomic mass is 32.2. The van der Waals surface area contributed by atoms with E-state index in [0.29, 0.717) is 6.54 Å². The van der Waals surface area contributed by atoms with Crippen molar-refractivity contribution in [1.82, 2.24) is 9.80 Å². The number of hydrogen-bond acceptors (Lipinski definition) is 4. The van der Waals surface area contributed by atoms with Crippen molar-refractivity contribution in [3.63, 3.8) is 0 Å². The molecule has 0 aliphatic carbocycles. The quantitative estimate of drug-likeness (QED) is 0.856. The number of aliphatic imine (C=N–C) groups is 1. The van der Waals surface area contributed by atoms with Crippen LogP contribution in [0.15, 0.2) is 34.2 Å². The lowest BCUT2D eigenvalue weighted by molar-refractivity contribution is -0.128. The van der Waals surface area contributed by atoms with Gasteiger partial charge in [0.05, 0.1) is 16.9 Å². The molecule has 1 amide bonds. The predicted octanol–water partition coefficient (Wildman–Crippen LogP) is 2.23. The van der Waals surface area contributed by atoms with Crippen molar-refractivity contribution in [3.8, 4) is 0 Å². The van der Waals surface area contributed by atoms with Gasteiger partial charge in [-0.2, -0.15) is 0 Å². The molecule has 0 radical (unpaired) electrons. The van der Waals surface area contributed by atoms with Gasteiger partial charge in [-0.05, 0) is 26.2 Å². The molecule has 0 aromatic heterocycles. The molecule has 1 saturated heterocycles. The second-order valence-corrected chi connectivity index (χ2v) is 6.74. The van der Waals surface area contributed by atoms with Crippen LogP contribution in [0.4, 0.5) is 5.69 Å². The van der Waals surface area contributed by atoms with E-state index in [4.69, 9.17) is 4.99 Å². The molecule has 2 heterocycles. The van der Waals surface area contributed by atoms with Crippen LogP contribution in [0.2, 0.25) is 0 Å². The van der Waals surface area contributed by atoms with Crippen LogP contribution in [-0.2, 0) is 4.79 Å². The number of likely N-dealkylation sites (N-methyl/N-ethyl adjacent to an activating group) is 1. The first-order valence-corrected chi connectivity index (χ1v) is 7.76. The van der Waals surface area contributed by atoms with Crippen LogP contribution < -0.4 is 0 Å². The van der Waals surface area contributed by atoms with E-state index in [9.17, 15) is 4.79 Å². The number of rotatable bonds is 3. The van der Waals surface area contributed by atoms with Crippen molar-refractivity contribution >= 4 is 29.2 Å². The van der Waals surface area contributed by atoms with Crippen LogP contribution in [0, 0.1) is 5.92 Å². The Morgan fingerprint density at radius 1 is 1.35 bits per heavy atom. The topological polar surface area (TPSA) is 35.9 Å². The number of carbonyl (C=O) groups is 1. The van der Waals surface area contributed by atoms with Gasteiger partial charge in [-0.15, -0.1) is 11.8 Å². The zero-order chi connectivity index (χ0) is 14.3. The molecule has 1 fully saturated rings. The smallest absolute Gasteiger partial charge is 0.232 e. The fourth-order valence-electron chi connectivity index (χ4n) is 2.58. The van der Waals surface area contributed by atoms with Crippen LogP contribution in [0.3, 0.4) is 0 Å². The first kappa shape index (κ1) is 13.6. The molecule has 106 valence electrons. The van der Waals surface area contributed by atoms with E-state index in [0.717, 1.165) is 18.1 Å². The molecule has 0 unspecified atom stereocenters. The average Bonchev–Trinajstić information content (AvgIpc) is 2.66. The molecular formula is C15H19N3OS. The molecule has 2 atom stereocenters. The molecule has 5 heteroatoms. The molecule has 0 N–H and O–H groups in total. The minimum atomic E-state index is 0.00858. The van der Waals surface area contributed by atoms with Crippen LogP contribution in [0.25, 0.3) is 0 Å². The summed E-state index contributed by atoms with van der Waals surface area (Å²) in [5.74, 6) is 1.15. The zero-order valence-corrected chi connectivity index (χ0v) is 12.9. The van der Waals surface area contributed by atoms with Gasteiger partial charge in [-0.25, -0.2) is 4.99 Å². The fourth-order valence-corrected chi connectivity index (χ4v) is 3.85. The summed E-state index contributed by atoms with van der Waals surface area (Å²) >= 11 is 1.77. The summed E-state index contributed by atoms with van der Waals surface area (Å²) in [6, 6.07) is 8.12. The van der Waals surface area contributed by atoms with Crippen molar-refractivity contribution < 1.29 is 4.79 Å². The highest BCUT2D eigenvalue weighted by Crippen LogP contribution is 2.44. The van der Waals surface area contributed by atoms with E-state index in [1.54, 1.807) is 11.8 Å². The second kappa shape index (κ2) is 5.22. The molecule has 2 aliphatic rings. The van der Waals surface area contributed by atoms with Gasteiger partial charge < -0.3 is 4.90 Å². The number of amides is 1. The third kappa shape index (κ3) is 2.25. The minimum Gasteiger partial charge on any atom is -0.308 e. The molecule has 1 aromatic rings. The highest BCUT2D eigenvalue weighted by molar-refractivity contribution is 8.01. The summed E-state index contributed by atoms with van der Waals surface area (Å²) in [5, 5.41) is 0.166. The third-order valence-corrected chi connectivity index (χ3v) is 5.24. The van der Waals surface area contributed by atoms with Crippen molar-refractivity contribution in [2.24, 2.45) is 10.9 Å². The van der Waals surface area contributed by atoms with Crippen LogP contribution in [0.5, 0.6) is 0 Å². The van der Waals surface area contributed by atoms with Gasteiger partial charge in [0.15, 0.2) is 0 Å². The van der Waals surface area contributed by atoms with Gasteiger partial charge in [-0.3, -0.25) is 9.69 Å². The maximum atomic E-state index is 12.4. The molecule has 0 bridgehead atoms. The standard InChI is InChI=1S/C15H19N3OS/c1-10-13-14(18(15(10)19)9-8-17(2)3)16-11-6-4-5-7-12(11)20-13/h4-7,10,13H,8-9H2,1-3H3/t10-,13+/m0/s1. The van der Waals surface area contributed by atoms with E-state index in [2.05, 4.69) is 11.0 Å². The average molecular weight is 289 g/mol. The maximum Gasteiger partial charge on any atom is 0.232 e. The lowest BCUT2D eigenvalue weighted by Gasteiger charge is -2.24. The van der Waals surface area contributed by atoms with Gasteiger partial charge in [0, 0.05) is 18.0 Å². The molecule has 4 nitrogen and oxygen atoms in total. The molecule has 1 aromatic carbocycles. The second-order valence-electron chi connectivity index (χ2n) is 5.56. The van der Waals surface area contributed by atoms with Crippen LogP contribution >= 0.6 is 11.8 Å². The molecule has 20 heavy (non-hydrogen) atoms. The number of thioether (sulfide) groups is 1. The summed E-state index contributed by atoms with van der Waals surface area (Å²) in [6.45, 7) is 3.59. The van der Waals surface area contributed by atoms with Gasteiger partial charge in [0.25, 0.3) is 0 Å². The number of likely N-dealkylation sites (tertiary alicyclic amines) is 1. The van der Waals surface area contributed by atoms with E-state index >= 15 is 0 Å². The zero-order valence-electron chi connectivity index (χ0n) is 12.0. The molecule has 2 aliphatic heterocycles. The Morgan fingerprint density at radius 3 is 2.85 bits per heavy atom. The Bertz CT molecular complexity index is 570. The fraction of sp³-hybridized carbons (Fsp3) is 0.467. The lowest BCUT2D eigenvalue weighted by atomic mass is 10.1. The van der Waals surface area contributed by atoms with Crippen molar-refractivity contribution in [2.75, 3.05) is 27.2 Å². The Morgan fingerprint density at radius 2 is 2.10 bits per heavy atom. The normalized spacial score (nSPS) is 24.7. The Hall–Kier alpha value is -1.33. The van der Waals surface area contributed by atoms with Crippen LogP contribution in [0.1, 0.15) is 6.92 Å². The van der Waals surface area contributed by atoms with Gasteiger partial charge in [0.2, 0.25) is 5.91 Å². The Kier molecular flexibility index (Phi) is 3.56. The van der Waals surface area contributed by atoms with Gasteiger partial charge >= 0.3 is 0 Å². The largest absolute Gasteiger partial charge is 0.308 e. The van der Waals surface area contributed by atoms with Crippen LogP contribution in [-0.4, -0.2) is 54.0 Å². The number of amidine groups is 1. The predicted molar refractivity (Wildman–Crippen MR) is 82.6 cm³/mol. The van der Waals surface area contributed by atoms with Crippen molar-refractivity contribution in [2.45, 2.75) is 17.1 Å². The number of benzene rings is 1. The third-order valence-electron chi connectivity index (χ3n) is 3.77. The Labute approximate surface area is 123 Å². The van der Waals surface area contributed by atoms with E-state index in [1.807, 2.05) is 44.1 Å². The Balaban J connectivity index is 1.93. The van der Waals surface area contributed by atoms with Crippen molar-refractivity contribution in [1.29, 1.82) is 0 Å². The summed E-state index contributed by atoms with van der Waals surface area (Å²) in [6.07, 6.45) is 0. The number of para-hydroxylation sites is 1. The molecule has 0 spiro atoms. The number of fused-ring (bicyclic) bond motifs is 2. The first-order chi connectivity index (χ1) is 9.58. The first-order valence-electron chi connectivity index (χ1n) is 6.88. The highest BCUT2D eigenvalue weighted by Gasteiger charge is 2.45. The number of hydrogen-bond donors (Lipinski definition) is 0. The summed E-state index contributed by atoms with van der Waals surface area (Å²) in [4.78, 5) is 22.3. The number of carbonyl (C=O) groups excluding carboxylic acids is 1. The summed E-state index contributed by atoms with van der Waals surface area (Å²) in [7, 11) is 4.04. The minimum absolute atomic E-state index is 0.00858. The van der Waals surface area contributed by atoms with Gasteiger partial charge in [-0.1, -0.05) is 19.1 Å². The monoisotopic (exact) mass is 289 g/mol. The van der Waals surface area contributed by atoms with Gasteiger partial charge in [0.1, 0.15) is 5.84 Å². The maximum absolute atomic E-state index is 12.4. The van der Waals surface area contributed by atoms with Crippen molar-refractivity contribution in [3.05, 3.63) is 24.3 Å². The summed E-state index contributed by atoms with van der Waals surface area (Å²) < 4.78 is 0. The van der Waals surface area contributed by atoms with E-state index < -0.39 is 0 Å². The number of nitrogens with zero attached hydrogens (tertiary/aromatic N) is 3.